The minimum atomic E-state index is -0.562. The number of nitrogens with one attached hydrogen (secondary N) is 1. The molecule has 1 N–H and O–H groups in total. The van der Waals surface area contributed by atoms with Gasteiger partial charge in [-0.25, -0.2) is 0 Å². The predicted octanol–water partition coefficient (Wildman–Crippen LogP) is 5.75. The summed E-state index contributed by atoms with van der Waals surface area (Å²) < 4.78 is 0.942. The van der Waals surface area contributed by atoms with Gasteiger partial charge in [0.05, 0.1) is 13.0 Å². The van der Waals surface area contributed by atoms with Gasteiger partial charge in [0.2, 0.25) is 5.91 Å². The summed E-state index contributed by atoms with van der Waals surface area (Å²) in [5, 5.41) is 3.42. The van der Waals surface area contributed by atoms with Crippen LogP contribution in [0.2, 0.25) is 0 Å². The maximum Gasteiger partial charge on any atom is 0.252 e. The Labute approximate surface area is 204 Å². The number of rotatable bonds is 11. The largest absolute Gasteiger partial charge is 0.336 e. The van der Waals surface area contributed by atoms with Gasteiger partial charge < -0.3 is 10.2 Å². The summed E-state index contributed by atoms with van der Waals surface area (Å²) in [7, 11) is 0. The van der Waals surface area contributed by atoms with Crippen LogP contribution in [0.25, 0.3) is 0 Å². The zero-order valence-electron chi connectivity index (χ0n) is 18.4. The van der Waals surface area contributed by atoms with Crippen LogP contribution in [0.3, 0.4) is 0 Å². The fraction of sp³-hybridized carbons (Fsp3) is 0.400. The molecule has 2 aromatic carbocycles. The van der Waals surface area contributed by atoms with Crippen molar-refractivity contribution in [2.45, 2.75) is 58.0 Å². The van der Waals surface area contributed by atoms with Crippen molar-refractivity contribution in [3.05, 3.63) is 64.6 Å². The minimum Gasteiger partial charge on any atom is -0.336 e. The number of hydrogen-bond acceptors (Lipinski definition) is 3. The summed E-state index contributed by atoms with van der Waals surface area (Å²) in [4.78, 5) is 29.7. The van der Waals surface area contributed by atoms with Gasteiger partial charge in [0, 0.05) is 16.7 Å². The van der Waals surface area contributed by atoms with Gasteiger partial charge in [-0.1, -0.05) is 78.9 Å². The van der Waals surface area contributed by atoms with E-state index < -0.39 is 6.04 Å². The van der Waals surface area contributed by atoms with Crippen LogP contribution in [-0.2, 0) is 16.1 Å². The van der Waals surface area contributed by atoms with E-state index in [4.69, 9.17) is 12.2 Å². The Morgan fingerprint density at radius 1 is 1.03 bits per heavy atom. The van der Waals surface area contributed by atoms with E-state index in [1.165, 1.54) is 19.3 Å². The number of halogens is 1. The van der Waals surface area contributed by atoms with Gasteiger partial charge in [0.25, 0.3) is 5.91 Å². The second-order valence-corrected chi connectivity index (χ2v) is 9.36. The Hall–Kier alpha value is -2.25. The molecule has 2 amide bonds. The van der Waals surface area contributed by atoms with Crippen LogP contribution in [0.5, 0.6) is 0 Å². The molecule has 1 aliphatic rings. The zero-order chi connectivity index (χ0) is 22.9. The number of amides is 2. The lowest BCUT2D eigenvalue weighted by Gasteiger charge is -2.24. The summed E-state index contributed by atoms with van der Waals surface area (Å²) in [6.45, 7) is 3.31. The number of benzene rings is 2. The molecule has 2 aromatic rings. The molecule has 170 valence electrons. The molecular formula is C25H30BrN3O2S. The molecule has 1 heterocycles. The molecule has 1 unspecified atom stereocenters. The van der Waals surface area contributed by atoms with Crippen LogP contribution in [0.1, 0.15) is 51.0 Å². The van der Waals surface area contributed by atoms with Crippen molar-refractivity contribution in [1.82, 2.24) is 9.80 Å². The molecule has 0 spiro atoms. The summed E-state index contributed by atoms with van der Waals surface area (Å²) >= 11 is 9.10. The van der Waals surface area contributed by atoms with E-state index in [2.05, 4.69) is 28.2 Å². The van der Waals surface area contributed by atoms with Crippen molar-refractivity contribution >= 4 is 50.8 Å². The van der Waals surface area contributed by atoms with E-state index in [0.717, 1.165) is 22.9 Å². The van der Waals surface area contributed by atoms with Crippen LogP contribution in [-0.4, -0.2) is 39.3 Å². The molecule has 3 rings (SSSR count). The van der Waals surface area contributed by atoms with Crippen molar-refractivity contribution in [2.75, 3.05) is 11.9 Å². The molecule has 1 atom stereocenters. The van der Waals surface area contributed by atoms with Crippen molar-refractivity contribution in [2.24, 2.45) is 0 Å². The normalized spacial score (nSPS) is 16.0. The number of carbonyl (C=O) groups excluding carboxylic acids is 2. The summed E-state index contributed by atoms with van der Waals surface area (Å²) in [6, 6.07) is 16.7. The molecule has 32 heavy (non-hydrogen) atoms. The van der Waals surface area contributed by atoms with Gasteiger partial charge in [-0.15, -0.1) is 0 Å². The lowest BCUT2D eigenvalue weighted by Crippen LogP contribution is -2.38. The first kappa shape index (κ1) is 24.4. The highest BCUT2D eigenvalue weighted by Crippen LogP contribution is 2.25. The first-order valence-corrected chi connectivity index (χ1v) is 12.4. The maximum atomic E-state index is 13.3. The Kier molecular flexibility index (Phi) is 9.23. The molecule has 1 fully saturated rings. The van der Waals surface area contributed by atoms with E-state index in [1.807, 2.05) is 59.5 Å². The number of hydrogen-bond donors (Lipinski definition) is 1. The van der Waals surface area contributed by atoms with E-state index in [-0.39, 0.29) is 18.2 Å². The fourth-order valence-electron chi connectivity index (χ4n) is 3.86. The lowest BCUT2D eigenvalue weighted by molar-refractivity contribution is -0.131. The summed E-state index contributed by atoms with van der Waals surface area (Å²) in [5.74, 6) is -0.288. The number of anilines is 1. The molecule has 0 saturated carbocycles. The maximum absolute atomic E-state index is 13.3. The van der Waals surface area contributed by atoms with Gasteiger partial charge in [-0.2, -0.15) is 0 Å². The molecule has 1 saturated heterocycles. The summed E-state index contributed by atoms with van der Waals surface area (Å²) in [6.07, 6.45) is 5.70. The number of thiocarbonyl (C=S) groups is 1. The Morgan fingerprint density at radius 2 is 1.72 bits per heavy atom. The fourth-order valence-corrected chi connectivity index (χ4v) is 4.50. The molecule has 0 aliphatic carbocycles. The summed E-state index contributed by atoms with van der Waals surface area (Å²) in [5.41, 5.74) is 1.73. The van der Waals surface area contributed by atoms with Crippen molar-refractivity contribution < 1.29 is 9.59 Å². The van der Waals surface area contributed by atoms with Crippen LogP contribution in [0.15, 0.2) is 59.1 Å². The standard InChI is InChI=1S/C25H30BrN3O2S/c1-2-3-4-5-9-16-28-22(17-23(30)27-21-14-12-20(26)13-15-21)24(31)29(25(28)32)18-19-10-7-6-8-11-19/h6-8,10-15,22H,2-5,9,16-18H2,1H3,(H,27,30). The Balaban J connectivity index is 1.69. The highest BCUT2D eigenvalue weighted by molar-refractivity contribution is 9.10. The Morgan fingerprint density at radius 3 is 2.41 bits per heavy atom. The average Bonchev–Trinajstić information content (AvgIpc) is 3.00. The van der Waals surface area contributed by atoms with Crippen LogP contribution < -0.4 is 5.32 Å². The van der Waals surface area contributed by atoms with Crippen molar-refractivity contribution in [3.63, 3.8) is 0 Å². The third kappa shape index (κ3) is 6.62. The number of unbranched alkanes of at least 4 members (excludes halogenated alkanes) is 4. The van der Waals surface area contributed by atoms with Crippen molar-refractivity contribution in [3.8, 4) is 0 Å². The van der Waals surface area contributed by atoms with Crippen LogP contribution in [0.4, 0.5) is 5.69 Å². The molecule has 0 aromatic heterocycles. The molecule has 1 aliphatic heterocycles. The minimum absolute atomic E-state index is 0.0787. The molecule has 7 heteroatoms. The monoisotopic (exact) mass is 515 g/mol. The van der Waals surface area contributed by atoms with E-state index >= 15 is 0 Å². The highest BCUT2D eigenvalue weighted by atomic mass is 79.9. The quantitative estimate of drug-likeness (QED) is 0.306. The van der Waals surface area contributed by atoms with Crippen LogP contribution in [0, 0.1) is 0 Å². The number of carbonyl (C=O) groups is 2. The highest BCUT2D eigenvalue weighted by Gasteiger charge is 2.42. The predicted molar refractivity (Wildman–Crippen MR) is 136 cm³/mol. The smallest absolute Gasteiger partial charge is 0.252 e. The van der Waals surface area contributed by atoms with E-state index in [1.54, 1.807) is 4.90 Å². The Bertz CT molecular complexity index is 921. The lowest BCUT2D eigenvalue weighted by atomic mass is 10.1. The second kappa shape index (κ2) is 12.1. The zero-order valence-corrected chi connectivity index (χ0v) is 20.8. The third-order valence-electron chi connectivity index (χ3n) is 5.60. The van der Waals surface area contributed by atoms with Gasteiger partial charge >= 0.3 is 0 Å². The van der Waals surface area contributed by atoms with Gasteiger partial charge in [0.1, 0.15) is 6.04 Å². The van der Waals surface area contributed by atoms with E-state index in [9.17, 15) is 9.59 Å². The SMILES string of the molecule is CCCCCCCN1C(=S)N(Cc2ccccc2)C(=O)C1CC(=O)Nc1ccc(Br)cc1. The average molecular weight is 517 g/mol. The topological polar surface area (TPSA) is 52.7 Å². The van der Waals surface area contributed by atoms with Crippen LogP contribution >= 0.6 is 28.1 Å². The van der Waals surface area contributed by atoms with Gasteiger partial charge in [0.15, 0.2) is 5.11 Å². The van der Waals surface area contributed by atoms with E-state index in [0.29, 0.717) is 23.9 Å². The molecular weight excluding hydrogens is 486 g/mol. The molecule has 5 nitrogen and oxygen atoms in total. The first-order valence-electron chi connectivity index (χ1n) is 11.2. The second-order valence-electron chi connectivity index (χ2n) is 8.08. The van der Waals surface area contributed by atoms with Gasteiger partial charge in [-0.3, -0.25) is 14.5 Å². The first-order chi connectivity index (χ1) is 15.5. The number of nitrogens with zero attached hydrogens (tertiary/aromatic N) is 2. The molecule has 0 radical (unpaired) electrons. The van der Waals surface area contributed by atoms with Gasteiger partial charge in [-0.05, 0) is 48.5 Å². The third-order valence-corrected chi connectivity index (χ3v) is 6.58. The molecule has 0 bridgehead atoms. The van der Waals surface area contributed by atoms with Crippen molar-refractivity contribution in [1.29, 1.82) is 0 Å².